The Kier molecular flexibility index (Phi) is 4.68. The molecule has 0 spiro atoms. The first-order valence-corrected chi connectivity index (χ1v) is 10.2. The normalized spacial score (nSPS) is 12.6. The van der Waals surface area contributed by atoms with Crippen LogP contribution in [0.4, 0.5) is 4.79 Å². The van der Waals surface area contributed by atoms with Crippen molar-refractivity contribution in [2.75, 3.05) is 14.1 Å². The van der Waals surface area contributed by atoms with E-state index in [0.717, 1.165) is 22.0 Å². The SMILES string of the molecule is CN(C)C(=O)OC1=C(c2cccc3ccccc23)Oc2ccc(Cl)cc2-n2cccc21. The zero-order valence-electron chi connectivity index (χ0n) is 17.0. The van der Waals surface area contributed by atoms with Gasteiger partial charge < -0.3 is 18.9 Å². The Morgan fingerprint density at radius 3 is 2.65 bits per heavy atom. The Morgan fingerprint density at radius 1 is 1.00 bits per heavy atom. The van der Waals surface area contributed by atoms with E-state index < -0.39 is 6.09 Å². The first-order chi connectivity index (χ1) is 15.0. The third kappa shape index (κ3) is 3.33. The van der Waals surface area contributed by atoms with Gasteiger partial charge in [0.15, 0.2) is 17.3 Å². The second-order valence-electron chi connectivity index (χ2n) is 7.42. The molecule has 0 saturated carbocycles. The highest BCUT2D eigenvalue weighted by Gasteiger charge is 2.28. The van der Waals surface area contributed by atoms with Crippen LogP contribution in [-0.2, 0) is 4.74 Å². The highest BCUT2D eigenvalue weighted by molar-refractivity contribution is 6.30. The summed E-state index contributed by atoms with van der Waals surface area (Å²) in [5, 5.41) is 2.64. The monoisotopic (exact) mass is 430 g/mol. The van der Waals surface area contributed by atoms with E-state index in [4.69, 9.17) is 21.1 Å². The van der Waals surface area contributed by atoms with Gasteiger partial charge in [-0.25, -0.2) is 4.79 Å². The van der Waals surface area contributed by atoms with E-state index in [-0.39, 0.29) is 0 Å². The van der Waals surface area contributed by atoms with Crippen molar-refractivity contribution in [2.45, 2.75) is 0 Å². The zero-order valence-corrected chi connectivity index (χ0v) is 17.8. The summed E-state index contributed by atoms with van der Waals surface area (Å²) in [6, 6.07) is 23.2. The number of ether oxygens (including phenoxy) is 2. The summed E-state index contributed by atoms with van der Waals surface area (Å²) in [6.07, 6.45) is 1.40. The molecule has 5 rings (SSSR count). The van der Waals surface area contributed by atoms with E-state index >= 15 is 0 Å². The minimum atomic E-state index is -0.493. The van der Waals surface area contributed by atoms with Crippen LogP contribution in [0.15, 0.2) is 79.0 Å². The largest absolute Gasteiger partial charge is 0.450 e. The first kappa shape index (κ1) is 19.3. The Bertz CT molecular complexity index is 1350. The molecule has 0 N–H and O–H groups in total. The average Bonchev–Trinajstić information content (AvgIpc) is 3.21. The summed E-state index contributed by atoms with van der Waals surface area (Å²) in [5.41, 5.74) is 2.29. The number of rotatable bonds is 2. The van der Waals surface area contributed by atoms with Crippen molar-refractivity contribution < 1.29 is 14.3 Å². The van der Waals surface area contributed by atoms with Crippen molar-refractivity contribution in [3.63, 3.8) is 0 Å². The van der Waals surface area contributed by atoms with Crippen LogP contribution in [0.25, 0.3) is 28.0 Å². The van der Waals surface area contributed by atoms with E-state index in [1.54, 1.807) is 20.2 Å². The summed E-state index contributed by atoms with van der Waals surface area (Å²) >= 11 is 6.28. The predicted molar refractivity (Wildman–Crippen MR) is 122 cm³/mol. The Hall–Kier alpha value is -3.70. The molecular weight excluding hydrogens is 412 g/mol. The number of nitrogens with zero attached hydrogens (tertiary/aromatic N) is 2. The van der Waals surface area contributed by atoms with Gasteiger partial charge in [-0.3, -0.25) is 0 Å². The number of carbonyl (C=O) groups excluding carboxylic acids is 1. The molecule has 6 heteroatoms. The summed E-state index contributed by atoms with van der Waals surface area (Å²) < 4.78 is 14.2. The lowest BCUT2D eigenvalue weighted by molar-refractivity contribution is 0.162. The fourth-order valence-electron chi connectivity index (χ4n) is 3.69. The van der Waals surface area contributed by atoms with E-state index in [2.05, 4.69) is 0 Å². The molecule has 1 amide bonds. The fourth-order valence-corrected chi connectivity index (χ4v) is 3.86. The van der Waals surface area contributed by atoms with Crippen molar-refractivity contribution in [1.29, 1.82) is 0 Å². The van der Waals surface area contributed by atoms with Gasteiger partial charge in [0.1, 0.15) is 0 Å². The maximum atomic E-state index is 12.6. The number of fused-ring (bicyclic) bond motifs is 4. The van der Waals surface area contributed by atoms with Gasteiger partial charge in [0.05, 0.1) is 11.4 Å². The van der Waals surface area contributed by atoms with E-state index in [0.29, 0.717) is 28.0 Å². The molecule has 0 atom stereocenters. The van der Waals surface area contributed by atoms with Crippen molar-refractivity contribution in [3.8, 4) is 11.4 Å². The van der Waals surface area contributed by atoms with Crippen LogP contribution in [0.3, 0.4) is 0 Å². The van der Waals surface area contributed by atoms with Gasteiger partial charge in [0.2, 0.25) is 0 Å². The van der Waals surface area contributed by atoms with E-state index in [1.165, 1.54) is 4.90 Å². The summed E-state index contributed by atoms with van der Waals surface area (Å²) in [5.74, 6) is 1.42. The molecule has 0 bridgehead atoms. The van der Waals surface area contributed by atoms with Gasteiger partial charge in [-0.2, -0.15) is 0 Å². The quantitative estimate of drug-likeness (QED) is 0.380. The third-order valence-electron chi connectivity index (χ3n) is 5.17. The van der Waals surface area contributed by atoms with Gasteiger partial charge in [0.25, 0.3) is 0 Å². The second-order valence-corrected chi connectivity index (χ2v) is 7.86. The number of aromatic nitrogens is 1. The van der Waals surface area contributed by atoms with Crippen LogP contribution in [0.5, 0.6) is 5.75 Å². The molecule has 0 aliphatic carbocycles. The minimum Gasteiger partial charge on any atom is -0.450 e. The Labute approximate surface area is 184 Å². The number of carbonyl (C=O) groups is 1. The Morgan fingerprint density at radius 2 is 1.81 bits per heavy atom. The molecule has 1 aliphatic heterocycles. The maximum Gasteiger partial charge on any atom is 0.414 e. The van der Waals surface area contributed by atoms with Crippen LogP contribution >= 0.6 is 11.6 Å². The lowest BCUT2D eigenvalue weighted by Crippen LogP contribution is -2.23. The predicted octanol–water partition coefficient (Wildman–Crippen LogP) is 6.20. The second kappa shape index (κ2) is 7.52. The molecule has 1 aromatic heterocycles. The molecule has 1 aliphatic rings. The van der Waals surface area contributed by atoms with E-state index in [1.807, 2.05) is 77.5 Å². The molecule has 31 heavy (non-hydrogen) atoms. The lowest BCUT2D eigenvalue weighted by Gasteiger charge is -2.17. The minimum absolute atomic E-state index is 0.340. The molecule has 0 saturated heterocycles. The van der Waals surface area contributed by atoms with Gasteiger partial charge in [-0.15, -0.1) is 0 Å². The van der Waals surface area contributed by atoms with Crippen molar-refractivity contribution in [2.24, 2.45) is 0 Å². The van der Waals surface area contributed by atoms with Crippen molar-refractivity contribution in [1.82, 2.24) is 9.47 Å². The highest BCUT2D eigenvalue weighted by atomic mass is 35.5. The number of halogens is 1. The standard InChI is InChI=1S/C25H19ClN2O3/c1-27(2)25(29)31-24-20-11-6-14-28(20)21-15-17(26)12-13-22(21)30-23(24)19-10-5-8-16-7-3-4-9-18(16)19/h3-15H,1-2H3. The molecule has 0 radical (unpaired) electrons. The van der Waals surface area contributed by atoms with Gasteiger partial charge >= 0.3 is 6.09 Å². The topological polar surface area (TPSA) is 43.7 Å². The summed E-state index contributed by atoms with van der Waals surface area (Å²) in [6.45, 7) is 0. The molecular formula is C25H19ClN2O3. The molecule has 5 nitrogen and oxygen atoms in total. The summed E-state index contributed by atoms with van der Waals surface area (Å²) in [7, 11) is 3.29. The van der Waals surface area contributed by atoms with Crippen LogP contribution in [-0.4, -0.2) is 29.7 Å². The molecule has 3 aromatic carbocycles. The Balaban J connectivity index is 1.83. The average molecular weight is 431 g/mol. The van der Waals surface area contributed by atoms with Crippen LogP contribution in [0.1, 0.15) is 11.3 Å². The molecule has 0 unspecified atom stereocenters. The smallest absolute Gasteiger partial charge is 0.414 e. The number of amides is 1. The number of hydrogen-bond donors (Lipinski definition) is 0. The third-order valence-corrected chi connectivity index (χ3v) is 5.40. The summed E-state index contributed by atoms with van der Waals surface area (Å²) in [4.78, 5) is 14.0. The fraction of sp³-hybridized carbons (Fsp3) is 0.0800. The molecule has 0 fully saturated rings. The first-order valence-electron chi connectivity index (χ1n) is 9.80. The number of benzene rings is 3. The van der Waals surface area contributed by atoms with Crippen LogP contribution in [0, 0.1) is 0 Å². The van der Waals surface area contributed by atoms with Crippen LogP contribution in [0.2, 0.25) is 5.02 Å². The maximum absolute atomic E-state index is 12.6. The molecule has 4 aromatic rings. The molecule has 154 valence electrons. The van der Waals surface area contributed by atoms with Gasteiger partial charge in [0, 0.05) is 30.9 Å². The van der Waals surface area contributed by atoms with Gasteiger partial charge in [-0.05, 0) is 41.1 Å². The van der Waals surface area contributed by atoms with Gasteiger partial charge in [-0.1, -0.05) is 54.1 Å². The lowest BCUT2D eigenvalue weighted by atomic mass is 10.0. The van der Waals surface area contributed by atoms with Crippen LogP contribution < -0.4 is 4.74 Å². The highest BCUT2D eigenvalue weighted by Crippen LogP contribution is 2.41. The van der Waals surface area contributed by atoms with Crippen molar-refractivity contribution >= 4 is 40.0 Å². The zero-order chi connectivity index (χ0) is 21.5. The van der Waals surface area contributed by atoms with E-state index in [9.17, 15) is 4.79 Å². The molecule has 2 heterocycles. The number of hydrogen-bond acceptors (Lipinski definition) is 3. The van der Waals surface area contributed by atoms with Crippen molar-refractivity contribution in [3.05, 3.63) is 95.3 Å².